The molecule has 1 N–H and O–H groups in total. The van der Waals surface area contributed by atoms with E-state index in [4.69, 9.17) is 0 Å². The Morgan fingerprint density at radius 3 is 2.47 bits per heavy atom. The molecule has 1 aromatic carbocycles. The van der Waals surface area contributed by atoms with Crippen molar-refractivity contribution in [3.8, 4) is 0 Å². The maximum Gasteiger partial charge on any atom is 0.305 e. The standard InChI is InChI=1S/C15H19NO3/c1-16-11-3-4-12-5-7-13(8-6-12)14(17)9-10-15(18)19-2/h3-8,16H,9-11H2,1-2H3. The monoisotopic (exact) mass is 261 g/mol. The van der Waals surface area contributed by atoms with Crippen LogP contribution in [-0.2, 0) is 9.53 Å². The predicted molar refractivity (Wildman–Crippen MR) is 75.0 cm³/mol. The van der Waals surface area contributed by atoms with Crippen LogP contribution in [0.25, 0.3) is 6.08 Å². The molecule has 0 aliphatic rings. The van der Waals surface area contributed by atoms with E-state index < -0.39 is 0 Å². The minimum absolute atomic E-state index is 0.0452. The molecule has 0 spiro atoms. The summed E-state index contributed by atoms with van der Waals surface area (Å²) in [5.41, 5.74) is 1.66. The van der Waals surface area contributed by atoms with Gasteiger partial charge in [0.15, 0.2) is 5.78 Å². The molecule has 0 heterocycles. The van der Waals surface area contributed by atoms with Crippen LogP contribution in [0.3, 0.4) is 0 Å². The molecule has 1 rings (SSSR count). The van der Waals surface area contributed by atoms with Gasteiger partial charge in [0.2, 0.25) is 0 Å². The third-order valence-corrected chi connectivity index (χ3v) is 2.65. The van der Waals surface area contributed by atoms with Gasteiger partial charge >= 0.3 is 5.97 Å². The lowest BCUT2D eigenvalue weighted by molar-refractivity contribution is -0.140. The van der Waals surface area contributed by atoms with Crippen molar-refractivity contribution in [3.63, 3.8) is 0 Å². The molecule has 1 aromatic rings. The first-order chi connectivity index (χ1) is 9.17. The number of nitrogens with one attached hydrogen (secondary N) is 1. The summed E-state index contributed by atoms with van der Waals surface area (Å²) in [6.07, 6.45) is 4.30. The molecule has 0 saturated carbocycles. The Kier molecular flexibility index (Phi) is 6.53. The molecule has 0 bridgehead atoms. The van der Waals surface area contributed by atoms with E-state index in [0.29, 0.717) is 5.56 Å². The van der Waals surface area contributed by atoms with Gasteiger partial charge in [-0.1, -0.05) is 36.4 Å². The molecular formula is C15H19NO3. The first-order valence-corrected chi connectivity index (χ1v) is 6.18. The van der Waals surface area contributed by atoms with E-state index in [0.717, 1.165) is 12.1 Å². The van der Waals surface area contributed by atoms with Crippen LogP contribution in [0.15, 0.2) is 30.3 Å². The quantitative estimate of drug-likeness (QED) is 0.603. The van der Waals surface area contributed by atoms with Gasteiger partial charge in [0.25, 0.3) is 0 Å². The second kappa shape index (κ2) is 8.21. The number of hydrogen-bond donors (Lipinski definition) is 1. The van der Waals surface area contributed by atoms with Gasteiger partial charge in [-0.25, -0.2) is 0 Å². The van der Waals surface area contributed by atoms with E-state index >= 15 is 0 Å². The van der Waals surface area contributed by atoms with Crippen LogP contribution in [-0.4, -0.2) is 32.5 Å². The molecule has 19 heavy (non-hydrogen) atoms. The van der Waals surface area contributed by atoms with Gasteiger partial charge in [-0.15, -0.1) is 0 Å². The minimum atomic E-state index is -0.361. The summed E-state index contributed by atoms with van der Waals surface area (Å²) in [4.78, 5) is 22.8. The van der Waals surface area contributed by atoms with Crippen LogP contribution in [0.5, 0.6) is 0 Å². The fourth-order valence-corrected chi connectivity index (χ4v) is 1.55. The van der Waals surface area contributed by atoms with Crippen LogP contribution in [0.4, 0.5) is 0 Å². The van der Waals surface area contributed by atoms with Crippen molar-refractivity contribution in [2.45, 2.75) is 12.8 Å². The molecular weight excluding hydrogens is 242 g/mol. The average molecular weight is 261 g/mol. The molecule has 4 nitrogen and oxygen atoms in total. The lowest BCUT2D eigenvalue weighted by atomic mass is 10.0. The van der Waals surface area contributed by atoms with E-state index in [9.17, 15) is 9.59 Å². The van der Waals surface area contributed by atoms with Gasteiger partial charge < -0.3 is 10.1 Å². The SMILES string of the molecule is CNCC=Cc1ccc(C(=O)CCC(=O)OC)cc1. The summed E-state index contributed by atoms with van der Waals surface area (Å²) >= 11 is 0. The van der Waals surface area contributed by atoms with Crippen molar-refractivity contribution < 1.29 is 14.3 Å². The number of Topliss-reactive ketones (excluding diaryl/α,β-unsaturated/α-hetero) is 1. The van der Waals surface area contributed by atoms with Gasteiger partial charge in [0.1, 0.15) is 0 Å². The third kappa shape index (κ3) is 5.48. The van der Waals surface area contributed by atoms with Crippen molar-refractivity contribution in [1.29, 1.82) is 0 Å². The maximum absolute atomic E-state index is 11.8. The summed E-state index contributed by atoms with van der Waals surface area (Å²) in [6, 6.07) is 7.33. The number of ether oxygens (including phenoxy) is 1. The Hall–Kier alpha value is -1.94. The van der Waals surface area contributed by atoms with Gasteiger partial charge in [0.05, 0.1) is 13.5 Å². The number of carbonyl (C=O) groups excluding carboxylic acids is 2. The first kappa shape index (κ1) is 15.1. The van der Waals surface area contributed by atoms with Crippen LogP contribution in [0, 0.1) is 0 Å². The summed E-state index contributed by atoms with van der Waals surface area (Å²) in [5, 5.41) is 3.02. The Morgan fingerprint density at radius 1 is 1.21 bits per heavy atom. The molecule has 0 aromatic heterocycles. The lowest BCUT2D eigenvalue weighted by Crippen LogP contribution is -2.06. The molecule has 4 heteroatoms. The minimum Gasteiger partial charge on any atom is -0.469 e. The summed E-state index contributed by atoms with van der Waals surface area (Å²) in [5.74, 6) is -0.406. The highest BCUT2D eigenvalue weighted by Crippen LogP contribution is 2.09. The molecule has 0 aliphatic carbocycles. The van der Waals surface area contributed by atoms with E-state index in [1.807, 2.05) is 31.3 Å². The molecule has 0 atom stereocenters. The highest BCUT2D eigenvalue weighted by molar-refractivity contribution is 5.97. The molecule has 102 valence electrons. The largest absolute Gasteiger partial charge is 0.469 e. The molecule has 0 aliphatic heterocycles. The summed E-state index contributed by atoms with van der Waals surface area (Å²) in [7, 11) is 3.20. The van der Waals surface area contributed by atoms with Crippen molar-refractivity contribution >= 4 is 17.8 Å². The second-order valence-corrected chi connectivity index (χ2v) is 4.08. The fourth-order valence-electron chi connectivity index (χ4n) is 1.55. The topological polar surface area (TPSA) is 55.4 Å². The van der Waals surface area contributed by atoms with Crippen molar-refractivity contribution in [1.82, 2.24) is 5.32 Å². The van der Waals surface area contributed by atoms with Crippen LogP contribution < -0.4 is 5.32 Å². The van der Waals surface area contributed by atoms with Crippen LogP contribution >= 0.6 is 0 Å². The summed E-state index contributed by atoms with van der Waals surface area (Å²) < 4.78 is 4.50. The molecule has 0 saturated heterocycles. The number of rotatable bonds is 7. The number of benzene rings is 1. The van der Waals surface area contributed by atoms with Crippen molar-refractivity contribution in [3.05, 3.63) is 41.5 Å². The predicted octanol–water partition coefficient (Wildman–Crippen LogP) is 2.06. The number of esters is 1. The fraction of sp³-hybridized carbons (Fsp3) is 0.333. The van der Waals surface area contributed by atoms with Gasteiger partial charge in [0, 0.05) is 18.5 Å². The van der Waals surface area contributed by atoms with Crippen LogP contribution in [0.2, 0.25) is 0 Å². The normalized spacial score (nSPS) is 10.6. The Balaban J connectivity index is 2.55. The third-order valence-electron chi connectivity index (χ3n) is 2.65. The second-order valence-electron chi connectivity index (χ2n) is 4.08. The highest BCUT2D eigenvalue weighted by atomic mass is 16.5. The van der Waals surface area contributed by atoms with E-state index in [1.165, 1.54) is 7.11 Å². The van der Waals surface area contributed by atoms with Crippen molar-refractivity contribution in [2.24, 2.45) is 0 Å². The van der Waals surface area contributed by atoms with Crippen molar-refractivity contribution in [2.75, 3.05) is 20.7 Å². The van der Waals surface area contributed by atoms with E-state index in [-0.39, 0.29) is 24.6 Å². The average Bonchev–Trinajstić information content (AvgIpc) is 2.45. The summed E-state index contributed by atoms with van der Waals surface area (Å²) in [6.45, 7) is 0.805. The number of likely N-dealkylation sites (N-methyl/N-ethyl adjacent to an activating group) is 1. The van der Waals surface area contributed by atoms with E-state index in [2.05, 4.69) is 10.1 Å². The smallest absolute Gasteiger partial charge is 0.305 e. The Labute approximate surface area is 113 Å². The molecule has 0 unspecified atom stereocenters. The maximum atomic E-state index is 11.8. The van der Waals surface area contributed by atoms with Crippen LogP contribution in [0.1, 0.15) is 28.8 Å². The molecule has 0 amide bonds. The first-order valence-electron chi connectivity index (χ1n) is 6.18. The lowest BCUT2D eigenvalue weighted by Gasteiger charge is -2.01. The number of methoxy groups -OCH3 is 1. The Morgan fingerprint density at radius 2 is 1.89 bits per heavy atom. The number of hydrogen-bond acceptors (Lipinski definition) is 4. The molecule has 0 radical (unpaired) electrons. The zero-order chi connectivity index (χ0) is 14.1. The van der Waals surface area contributed by atoms with E-state index in [1.54, 1.807) is 12.1 Å². The highest BCUT2D eigenvalue weighted by Gasteiger charge is 2.08. The van der Waals surface area contributed by atoms with Gasteiger partial charge in [-0.2, -0.15) is 0 Å². The number of carbonyl (C=O) groups is 2. The molecule has 0 fully saturated rings. The van der Waals surface area contributed by atoms with Gasteiger partial charge in [-0.3, -0.25) is 9.59 Å². The zero-order valence-corrected chi connectivity index (χ0v) is 11.3. The number of ketones is 1. The Bertz CT molecular complexity index is 449. The van der Waals surface area contributed by atoms with Gasteiger partial charge in [-0.05, 0) is 12.6 Å². The zero-order valence-electron chi connectivity index (χ0n) is 11.3.